The highest BCUT2D eigenvalue weighted by molar-refractivity contribution is 6.18. The number of hydrogen-bond donors (Lipinski definition) is 3. The molecule has 1 unspecified atom stereocenters. The molecule has 2 aliphatic rings. The number of imidazole rings is 1. The number of anilines is 1. The van der Waals surface area contributed by atoms with Crippen LogP contribution in [0.3, 0.4) is 0 Å². The van der Waals surface area contributed by atoms with Crippen LogP contribution in [-0.4, -0.2) is 70.0 Å². The number of para-hydroxylation sites is 1. The van der Waals surface area contributed by atoms with Crippen LogP contribution < -0.4 is 32.3 Å². The minimum atomic E-state index is -0.489. The number of likely N-dealkylation sites (tertiary alicyclic amines) is 1. The Bertz CT molecular complexity index is 2910. The van der Waals surface area contributed by atoms with E-state index in [0.717, 1.165) is 35.4 Å². The second-order valence-corrected chi connectivity index (χ2v) is 15.9. The molecule has 0 radical (unpaired) electrons. The fourth-order valence-electron chi connectivity index (χ4n) is 7.48. The van der Waals surface area contributed by atoms with E-state index in [0.29, 0.717) is 47.4 Å². The molecule has 0 saturated carbocycles. The average molecular weight is 802 g/mol. The maximum absolute atomic E-state index is 14.2. The molecule has 2 aliphatic heterocycles. The number of nitrogen functional groups attached to an aromatic ring is 1. The summed E-state index contributed by atoms with van der Waals surface area (Å²) in [5.74, 6) is 1.84. The summed E-state index contributed by atoms with van der Waals surface area (Å²) < 4.78 is 9.02. The summed E-state index contributed by atoms with van der Waals surface area (Å²) in [7, 11) is 0. The highest BCUT2D eigenvalue weighted by Gasteiger charge is 2.35. The third-order valence-corrected chi connectivity index (χ3v) is 10.4. The number of hydrogen-bond acceptors (Lipinski definition) is 9. The Morgan fingerprint density at radius 3 is 2.42 bits per heavy atom. The summed E-state index contributed by atoms with van der Waals surface area (Å²) in [5.41, 5.74) is 9.41. The van der Waals surface area contributed by atoms with Crippen molar-refractivity contribution in [3.05, 3.63) is 169 Å². The van der Waals surface area contributed by atoms with Gasteiger partial charge in [-0.1, -0.05) is 81.0 Å². The van der Waals surface area contributed by atoms with Gasteiger partial charge in [-0.25, -0.2) is 4.98 Å². The fourth-order valence-corrected chi connectivity index (χ4v) is 7.48. The topological polar surface area (TPSA) is 180 Å². The molecule has 302 valence electrons. The molecule has 0 bridgehead atoms. The Labute approximate surface area is 345 Å². The highest BCUT2D eigenvalue weighted by Crippen LogP contribution is 2.32. The predicted octanol–water partition coefficient (Wildman–Crippen LogP) is 4.36. The summed E-state index contributed by atoms with van der Waals surface area (Å²) in [6.45, 7) is 10.9. The molecule has 3 aromatic heterocycles. The number of carbonyl (C=O) groups excluding carboxylic acids is 1. The Morgan fingerprint density at radius 1 is 0.967 bits per heavy atom. The number of benzene rings is 3. The van der Waals surface area contributed by atoms with Gasteiger partial charge in [0.25, 0.3) is 17.0 Å². The van der Waals surface area contributed by atoms with E-state index in [1.165, 1.54) is 10.9 Å². The van der Waals surface area contributed by atoms with E-state index in [4.69, 9.17) is 15.6 Å². The van der Waals surface area contributed by atoms with Gasteiger partial charge in [0.05, 0.1) is 18.6 Å². The molecule has 1 amide bonds. The van der Waals surface area contributed by atoms with Crippen molar-refractivity contribution in [2.75, 3.05) is 18.8 Å². The lowest BCUT2D eigenvalue weighted by atomic mass is 9.90. The first kappa shape index (κ1) is 39.4. The minimum absolute atomic E-state index is 0.0439. The lowest BCUT2D eigenvalue weighted by Crippen LogP contribution is -2.54. The van der Waals surface area contributed by atoms with Crippen molar-refractivity contribution in [1.82, 2.24) is 34.4 Å². The molecule has 60 heavy (non-hydrogen) atoms. The lowest BCUT2D eigenvalue weighted by molar-refractivity contribution is -0.442. The third kappa shape index (κ3) is 8.25. The summed E-state index contributed by atoms with van der Waals surface area (Å²) in [5, 5.41) is 5.08. The van der Waals surface area contributed by atoms with E-state index in [9.17, 15) is 14.4 Å². The number of amides is 1. The van der Waals surface area contributed by atoms with Gasteiger partial charge in [0.1, 0.15) is 45.5 Å². The van der Waals surface area contributed by atoms with Crippen molar-refractivity contribution in [1.29, 1.82) is 0 Å². The number of fused-ring (bicyclic) bond motifs is 1. The molecule has 1 saturated heterocycles. The second-order valence-electron chi connectivity index (χ2n) is 15.9. The van der Waals surface area contributed by atoms with Gasteiger partial charge < -0.3 is 25.3 Å². The van der Waals surface area contributed by atoms with Crippen LogP contribution in [-0.2, 0) is 16.8 Å². The number of carbonyl (C=O) groups is 1. The van der Waals surface area contributed by atoms with Crippen LogP contribution in [0.4, 0.5) is 11.6 Å². The van der Waals surface area contributed by atoms with E-state index in [-0.39, 0.29) is 40.1 Å². The third-order valence-electron chi connectivity index (χ3n) is 10.4. The average Bonchev–Trinajstić information content (AvgIpc) is 3.88. The van der Waals surface area contributed by atoms with Gasteiger partial charge in [0.15, 0.2) is 0 Å². The van der Waals surface area contributed by atoms with Gasteiger partial charge in [-0.05, 0) is 71.9 Å². The van der Waals surface area contributed by atoms with Gasteiger partial charge in [0, 0.05) is 41.3 Å². The normalized spacial score (nSPS) is 16.5. The summed E-state index contributed by atoms with van der Waals surface area (Å²) in [6.07, 6.45) is 9.65. The Kier molecular flexibility index (Phi) is 10.8. The SMILES string of the molecule is C=C(Cn1c(=O)/c(=C/c2nc[nH]c2C(C)(C)C)[nH]c(=O)/c1=C/c1ccccc1)C(=O)N1CCCC(/C=[N+]2/N=C(c3ccc(Oc4ccccc4)cc3)c3c(N)ncnc32)C1. The Morgan fingerprint density at radius 2 is 1.68 bits per heavy atom. The van der Waals surface area contributed by atoms with Crippen molar-refractivity contribution >= 4 is 41.6 Å². The van der Waals surface area contributed by atoms with Gasteiger partial charge in [-0.15, -0.1) is 4.68 Å². The molecule has 1 fully saturated rings. The summed E-state index contributed by atoms with van der Waals surface area (Å²) in [4.78, 5) is 63.0. The first-order chi connectivity index (χ1) is 28.9. The van der Waals surface area contributed by atoms with Crippen LogP contribution in [0.1, 0.15) is 61.7 Å². The van der Waals surface area contributed by atoms with E-state index >= 15 is 0 Å². The number of nitrogens with one attached hydrogen (secondary N) is 2. The number of piperidine rings is 1. The zero-order chi connectivity index (χ0) is 42.0. The van der Waals surface area contributed by atoms with Gasteiger partial charge in [-0.2, -0.15) is 4.98 Å². The van der Waals surface area contributed by atoms with Crippen molar-refractivity contribution < 1.29 is 14.2 Å². The highest BCUT2D eigenvalue weighted by atomic mass is 16.5. The number of nitrogens with zero attached hydrogens (tertiary/aromatic N) is 7. The van der Waals surface area contributed by atoms with Crippen LogP contribution in [0.15, 0.2) is 124 Å². The van der Waals surface area contributed by atoms with Crippen molar-refractivity contribution in [2.45, 2.75) is 45.6 Å². The molecule has 14 heteroatoms. The summed E-state index contributed by atoms with van der Waals surface area (Å²) >= 11 is 0. The van der Waals surface area contributed by atoms with E-state index < -0.39 is 11.1 Å². The minimum Gasteiger partial charge on any atom is -0.457 e. The molecular weight excluding hydrogens is 757 g/mol. The number of aromatic nitrogens is 6. The number of aromatic amines is 2. The maximum atomic E-state index is 14.2. The van der Waals surface area contributed by atoms with Crippen molar-refractivity contribution in [3.8, 4) is 11.5 Å². The quantitative estimate of drug-likeness (QED) is 0.143. The van der Waals surface area contributed by atoms with Crippen LogP contribution >= 0.6 is 0 Å². The van der Waals surface area contributed by atoms with Gasteiger partial charge in [-0.3, -0.25) is 19.0 Å². The first-order valence-corrected chi connectivity index (χ1v) is 19.7. The van der Waals surface area contributed by atoms with Crippen molar-refractivity contribution in [3.63, 3.8) is 0 Å². The zero-order valence-corrected chi connectivity index (χ0v) is 33.6. The monoisotopic (exact) mass is 801 g/mol. The summed E-state index contributed by atoms with van der Waals surface area (Å²) in [6, 6.07) is 26.3. The number of hydrazone groups is 1. The molecule has 3 aromatic carbocycles. The molecule has 1 atom stereocenters. The van der Waals surface area contributed by atoms with Crippen molar-refractivity contribution in [2.24, 2.45) is 11.0 Å². The lowest BCUT2D eigenvalue weighted by Gasteiger charge is -2.31. The van der Waals surface area contributed by atoms with Gasteiger partial charge >= 0.3 is 5.82 Å². The number of rotatable bonds is 9. The van der Waals surface area contributed by atoms with Gasteiger partial charge in [0.2, 0.25) is 6.33 Å². The molecule has 6 aromatic rings. The first-order valence-electron chi connectivity index (χ1n) is 19.7. The number of H-pyrrole nitrogens is 2. The zero-order valence-electron chi connectivity index (χ0n) is 33.6. The maximum Gasteiger partial charge on any atom is 0.363 e. The Hall–Kier alpha value is -7.48. The van der Waals surface area contributed by atoms with E-state index in [1.54, 1.807) is 28.1 Å². The predicted molar refractivity (Wildman–Crippen MR) is 231 cm³/mol. The van der Waals surface area contributed by atoms with Crippen LogP contribution in [0.2, 0.25) is 0 Å². The van der Waals surface area contributed by atoms with Crippen LogP contribution in [0.5, 0.6) is 11.5 Å². The molecule has 8 rings (SSSR count). The molecular formula is C46H45N10O4+. The smallest absolute Gasteiger partial charge is 0.363 e. The number of ether oxygens (including phenoxy) is 1. The van der Waals surface area contributed by atoms with Crippen LogP contribution in [0.25, 0.3) is 12.2 Å². The molecule has 14 nitrogen and oxygen atoms in total. The van der Waals surface area contributed by atoms with E-state index in [1.807, 2.05) is 112 Å². The second kappa shape index (κ2) is 16.4. The largest absolute Gasteiger partial charge is 0.457 e. The molecule has 5 heterocycles. The van der Waals surface area contributed by atoms with E-state index in [2.05, 4.69) is 31.5 Å². The molecule has 4 N–H and O–H groups in total. The fraction of sp³-hybridized carbons (Fsp3) is 0.217. The van der Waals surface area contributed by atoms with Crippen LogP contribution in [0, 0.1) is 5.92 Å². The standard InChI is InChI=1S/C46H44N10O4/c1-29(24-55-37(22-30-12-7-5-8-13-30)43(57)52-36(45(55)59)23-35-40(46(2,3)4)49-27-48-35)44(58)54-21-11-14-31(25-54)26-56-42-38(41(47)50-28-51-42)39(53-56)32-17-19-34(20-18-32)60-33-15-9-6-10-16-33/h5-10,12-13,15-20,22-23,26-28,31H,1,11,14,21,24-25H2,2-4H3,(H3-,47,48,49,50,51,52,53,57,59)/p+1/b37-22-,56-26+. The molecule has 0 aliphatic carbocycles. The Balaban J connectivity index is 1.06. The number of nitrogens with two attached hydrogens (primary N) is 1. The molecule has 0 spiro atoms.